The Kier molecular flexibility index (Phi) is 13.8. The van der Waals surface area contributed by atoms with Crippen LogP contribution in [0.15, 0.2) is 24.0 Å². The highest BCUT2D eigenvalue weighted by molar-refractivity contribution is 5.26. The van der Waals surface area contributed by atoms with Crippen LogP contribution in [-0.4, -0.2) is 152 Å². The van der Waals surface area contributed by atoms with Crippen LogP contribution in [0.3, 0.4) is 0 Å². The minimum Gasteiger partial charge on any atom is -0.472 e. The zero-order valence-electron chi connectivity index (χ0n) is 27.2. The highest BCUT2D eigenvalue weighted by Crippen LogP contribution is 2.44. The summed E-state index contributed by atoms with van der Waals surface area (Å²) in [5.74, 6) is -0.772. The molecule has 0 amide bonds. The molecule has 0 saturated carbocycles. The van der Waals surface area contributed by atoms with E-state index in [1.54, 1.807) is 70.3 Å². The van der Waals surface area contributed by atoms with Gasteiger partial charge < -0.3 is 66.3 Å². The van der Waals surface area contributed by atoms with Crippen molar-refractivity contribution in [3.8, 4) is 0 Å². The SMILES string of the molecule is COCC1=CC(OC2OC(COC)C(OC)C(OC)C2OC)C2C=COC(OC3OC(OC)C(OC)C(OC)C3COC)C12. The molecule has 3 heterocycles. The average molecular weight is 635 g/mol. The van der Waals surface area contributed by atoms with Gasteiger partial charge in [0.1, 0.15) is 30.5 Å². The van der Waals surface area contributed by atoms with E-state index < -0.39 is 67.9 Å². The molecule has 2 fully saturated rings. The fourth-order valence-corrected chi connectivity index (χ4v) is 6.81. The van der Waals surface area contributed by atoms with Crippen LogP contribution in [0, 0.1) is 17.8 Å². The fraction of sp³-hybridized carbons (Fsp3) is 0.867. The van der Waals surface area contributed by atoms with Gasteiger partial charge in [0.25, 0.3) is 0 Å². The summed E-state index contributed by atoms with van der Waals surface area (Å²) >= 11 is 0. The van der Waals surface area contributed by atoms with Crippen LogP contribution in [0.25, 0.3) is 0 Å². The van der Waals surface area contributed by atoms with Crippen molar-refractivity contribution in [1.29, 1.82) is 0 Å². The summed E-state index contributed by atoms with van der Waals surface area (Å²) in [6, 6.07) is 0. The van der Waals surface area contributed by atoms with E-state index in [0.29, 0.717) is 19.8 Å². The smallest absolute Gasteiger partial charge is 0.208 e. The summed E-state index contributed by atoms with van der Waals surface area (Å²) in [4.78, 5) is 0. The van der Waals surface area contributed by atoms with Crippen LogP contribution >= 0.6 is 0 Å². The quantitative estimate of drug-likeness (QED) is 0.225. The zero-order chi connectivity index (χ0) is 31.8. The summed E-state index contributed by atoms with van der Waals surface area (Å²) in [6.45, 7) is 0.931. The van der Waals surface area contributed by atoms with E-state index >= 15 is 0 Å². The first kappa shape index (κ1) is 35.6. The van der Waals surface area contributed by atoms with E-state index in [4.69, 9.17) is 66.3 Å². The maximum atomic E-state index is 6.66. The van der Waals surface area contributed by atoms with Crippen LogP contribution < -0.4 is 0 Å². The molecule has 0 aromatic carbocycles. The lowest BCUT2D eigenvalue weighted by molar-refractivity contribution is -0.371. The van der Waals surface area contributed by atoms with Crippen molar-refractivity contribution in [3.05, 3.63) is 24.0 Å². The average Bonchev–Trinajstić information content (AvgIpc) is 3.38. The monoisotopic (exact) mass is 634 g/mol. The van der Waals surface area contributed by atoms with Crippen molar-refractivity contribution in [3.63, 3.8) is 0 Å². The van der Waals surface area contributed by atoms with Gasteiger partial charge in [-0.05, 0) is 11.6 Å². The van der Waals surface area contributed by atoms with Crippen LogP contribution in [-0.2, 0) is 66.3 Å². The van der Waals surface area contributed by atoms with E-state index in [0.717, 1.165) is 5.57 Å². The third kappa shape index (κ3) is 7.33. The lowest BCUT2D eigenvalue weighted by Crippen LogP contribution is -2.61. The Balaban J connectivity index is 1.57. The molecule has 4 rings (SSSR count). The van der Waals surface area contributed by atoms with Crippen molar-refractivity contribution in [2.24, 2.45) is 17.8 Å². The van der Waals surface area contributed by atoms with Gasteiger partial charge in [0.15, 0.2) is 18.9 Å². The van der Waals surface area contributed by atoms with Crippen molar-refractivity contribution < 1.29 is 66.3 Å². The Morgan fingerprint density at radius 1 is 0.591 bits per heavy atom. The van der Waals surface area contributed by atoms with E-state index in [-0.39, 0.29) is 17.8 Å². The molecule has 254 valence electrons. The number of hydrogen-bond acceptors (Lipinski definition) is 14. The van der Waals surface area contributed by atoms with Crippen LogP contribution in [0.5, 0.6) is 0 Å². The van der Waals surface area contributed by atoms with Gasteiger partial charge in [-0.25, -0.2) is 0 Å². The first-order chi connectivity index (χ1) is 21.4. The maximum Gasteiger partial charge on any atom is 0.208 e. The predicted molar refractivity (Wildman–Crippen MR) is 152 cm³/mol. The normalized spacial score (nSPS) is 42.2. The lowest BCUT2D eigenvalue weighted by atomic mass is 9.87. The Morgan fingerprint density at radius 2 is 1.25 bits per heavy atom. The van der Waals surface area contributed by atoms with Gasteiger partial charge in [0.05, 0.1) is 50.1 Å². The Bertz CT molecular complexity index is 918. The Hall–Kier alpha value is -1.24. The van der Waals surface area contributed by atoms with Gasteiger partial charge in [-0.15, -0.1) is 0 Å². The highest BCUT2D eigenvalue weighted by Gasteiger charge is 2.53. The summed E-state index contributed by atoms with van der Waals surface area (Å²) in [7, 11) is 14.4. The third-order valence-electron chi connectivity index (χ3n) is 8.78. The van der Waals surface area contributed by atoms with Gasteiger partial charge in [0, 0.05) is 69.9 Å². The Labute approximate surface area is 260 Å². The summed E-state index contributed by atoms with van der Waals surface area (Å²) in [5.41, 5.74) is 0.952. The second-order valence-electron chi connectivity index (χ2n) is 11.1. The zero-order valence-corrected chi connectivity index (χ0v) is 27.2. The molecule has 14 heteroatoms. The molecular weight excluding hydrogens is 584 g/mol. The molecule has 2 saturated heterocycles. The molecule has 1 aliphatic carbocycles. The van der Waals surface area contributed by atoms with Crippen molar-refractivity contribution in [2.45, 2.75) is 67.9 Å². The molecule has 0 spiro atoms. The molecule has 3 aliphatic heterocycles. The van der Waals surface area contributed by atoms with Gasteiger partial charge in [-0.3, -0.25) is 0 Å². The van der Waals surface area contributed by atoms with E-state index in [2.05, 4.69) is 0 Å². The molecule has 14 nitrogen and oxygen atoms in total. The summed E-state index contributed by atoms with van der Waals surface area (Å²) in [6.07, 6.45) is -0.627. The van der Waals surface area contributed by atoms with Gasteiger partial charge >= 0.3 is 0 Å². The van der Waals surface area contributed by atoms with Crippen molar-refractivity contribution in [1.82, 2.24) is 0 Å². The van der Waals surface area contributed by atoms with Gasteiger partial charge in [-0.2, -0.15) is 0 Å². The predicted octanol–water partition coefficient (Wildman–Crippen LogP) is 1.11. The molecule has 0 radical (unpaired) electrons. The summed E-state index contributed by atoms with van der Waals surface area (Å²) < 4.78 is 82.9. The number of fused-ring (bicyclic) bond motifs is 1. The highest BCUT2D eigenvalue weighted by atomic mass is 16.8. The van der Waals surface area contributed by atoms with Crippen LogP contribution in [0.2, 0.25) is 0 Å². The molecule has 4 aliphatic rings. The molecule has 0 aromatic rings. The van der Waals surface area contributed by atoms with Crippen molar-refractivity contribution in [2.75, 3.05) is 83.8 Å². The van der Waals surface area contributed by atoms with Crippen LogP contribution in [0.1, 0.15) is 0 Å². The van der Waals surface area contributed by atoms with Crippen LogP contribution in [0.4, 0.5) is 0 Å². The second kappa shape index (κ2) is 17.1. The van der Waals surface area contributed by atoms with E-state index in [9.17, 15) is 0 Å². The number of ether oxygens (including phenoxy) is 14. The second-order valence-corrected chi connectivity index (χ2v) is 11.1. The maximum absolute atomic E-state index is 6.66. The fourth-order valence-electron chi connectivity index (χ4n) is 6.81. The third-order valence-corrected chi connectivity index (χ3v) is 8.78. The molecule has 44 heavy (non-hydrogen) atoms. The molecule has 0 N–H and O–H groups in total. The number of rotatable bonds is 16. The standard InChI is InChI=1S/C30H50O14/c1-31-13-16-12-19(41-30-26(38-8)24(36-6)23(35-5)20(42-30)15-33-3)17-10-11-40-28(21(16)17)43-27-18(14-32-2)22(34-4)25(37-7)29(39-9)44-27/h10-12,17-30H,13-15H2,1-9H3. The molecule has 14 unspecified atom stereocenters. The minimum absolute atomic E-state index is 0.172. The number of methoxy groups -OCH3 is 9. The molecule has 14 atom stereocenters. The first-order valence-electron chi connectivity index (χ1n) is 14.7. The van der Waals surface area contributed by atoms with E-state index in [1.807, 2.05) is 12.2 Å². The Morgan fingerprint density at radius 3 is 1.84 bits per heavy atom. The summed E-state index contributed by atoms with van der Waals surface area (Å²) in [5, 5.41) is 0. The molecular formula is C30H50O14. The lowest BCUT2D eigenvalue weighted by Gasteiger charge is -2.46. The van der Waals surface area contributed by atoms with Gasteiger partial charge in [0.2, 0.25) is 6.29 Å². The van der Waals surface area contributed by atoms with Gasteiger partial charge in [-0.1, -0.05) is 6.08 Å². The largest absolute Gasteiger partial charge is 0.472 e. The minimum atomic E-state index is -0.792. The first-order valence-corrected chi connectivity index (χ1v) is 14.7. The molecule has 0 aromatic heterocycles. The number of hydrogen-bond donors (Lipinski definition) is 0. The van der Waals surface area contributed by atoms with Crippen molar-refractivity contribution >= 4 is 0 Å². The molecule has 0 bridgehead atoms. The van der Waals surface area contributed by atoms with E-state index in [1.165, 1.54) is 0 Å². The topological polar surface area (TPSA) is 129 Å².